The quantitative estimate of drug-likeness (QED) is 0.388. The van der Waals surface area contributed by atoms with E-state index in [1.54, 1.807) is 0 Å². The molecule has 0 N–H and O–H groups in total. The number of carbonyl (C=O) groups is 2. The maximum atomic E-state index is 9.98. The number of benzene rings is 3. The van der Waals surface area contributed by atoms with Crippen molar-refractivity contribution in [3.05, 3.63) is 91.0 Å². The molecule has 0 radical (unpaired) electrons. The molecule has 3 rings (SSSR count). The van der Waals surface area contributed by atoms with E-state index in [1.807, 2.05) is 0 Å². The van der Waals surface area contributed by atoms with Gasteiger partial charge in [-0.05, 0) is 36.4 Å². The molecule has 4 nitrogen and oxygen atoms in total. The molecule has 0 saturated heterocycles. The molecule has 0 fully saturated rings. The third-order valence-electron chi connectivity index (χ3n) is 3.45. The lowest BCUT2D eigenvalue weighted by molar-refractivity contribution is -0.305. The Bertz CT molecular complexity index is 742. The largest absolute Gasteiger partial charge is 0.550 e. The number of carboxylic acids is 1. The molecule has 0 aliphatic rings. The number of rotatable bonds is 5. The van der Waals surface area contributed by atoms with Gasteiger partial charge in [0, 0.05) is 0 Å². The van der Waals surface area contributed by atoms with E-state index >= 15 is 0 Å². The van der Waals surface area contributed by atoms with Gasteiger partial charge in [0.15, 0.2) is 14.7 Å². The standard InChI is InChI=1S/C18H15S.C4H6O4/c1-4-10-16(11-5-1)19(17-12-6-2-7-13-17)18-14-8-3-9-15-18;1-8-4(7)2-3(5)6/h1-15H;2H2,1H3,(H,5,6)/q+1;/p-1. The van der Waals surface area contributed by atoms with E-state index in [1.165, 1.54) is 14.7 Å². The van der Waals surface area contributed by atoms with Crippen LogP contribution < -0.4 is 5.11 Å². The fourth-order valence-corrected chi connectivity index (χ4v) is 4.37. The van der Waals surface area contributed by atoms with Crippen molar-refractivity contribution in [1.29, 1.82) is 0 Å². The van der Waals surface area contributed by atoms with Gasteiger partial charge in [0.25, 0.3) is 0 Å². The summed E-state index contributed by atoms with van der Waals surface area (Å²) in [5.41, 5.74) is 0. The van der Waals surface area contributed by atoms with E-state index in [2.05, 4.69) is 95.7 Å². The number of carbonyl (C=O) groups excluding carboxylic acids is 2. The second kappa shape index (κ2) is 10.8. The summed E-state index contributed by atoms with van der Waals surface area (Å²) in [4.78, 5) is 23.6. The van der Waals surface area contributed by atoms with Gasteiger partial charge in [0.2, 0.25) is 0 Å². The molecule has 0 bridgehead atoms. The molecule has 0 aliphatic heterocycles. The van der Waals surface area contributed by atoms with E-state index in [0.717, 1.165) is 7.11 Å². The van der Waals surface area contributed by atoms with Crippen molar-refractivity contribution in [2.45, 2.75) is 21.1 Å². The lowest BCUT2D eigenvalue weighted by atomic mass is 10.4. The second-order valence-electron chi connectivity index (χ2n) is 5.37. The van der Waals surface area contributed by atoms with E-state index in [-0.39, 0.29) is 10.9 Å². The molecule has 0 heterocycles. The Morgan fingerprint density at radius 3 is 1.30 bits per heavy atom. The highest BCUT2D eigenvalue weighted by Gasteiger charge is 2.27. The molecule has 0 amide bonds. The molecule has 27 heavy (non-hydrogen) atoms. The van der Waals surface area contributed by atoms with Crippen LogP contribution in [0.15, 0.2) is 106 Å². The van der Waals surface area contributed by atoms with Crippen LogP contribution in [-0.4, -0.2) is 19.0 Å². The minimum Gasteiger partial charge on any atom is -0.550 e. The summed E-state index contributed by atoms with van der Waals surface area (Å²) in [6.45, 7) is 0. The molecule has 0 atom stereocenters. The smallest absolute Gasteiger partial charge is 0.311 e. The molecule has 0 unspecified atom stereocenters. The van der Waals surface area contributed by atoms with Crippen LogP contribution in [-0.2, 0) is 25.2 Å². The highest BCUT2D eigenvalue weighted by atomic mass is 32.2. The summed E-state index contributed by atoms with van der Waals surface area (Å²) in [6, 6.07) is 32.2. The first-order valence-corrected chi connectivity index (χ1v) is 9.50. The number of esters is 1. The van der Waals surface area contributed by atoms with Crippen LogP contribution in [0.25, 0.3) is 0 Å². The molecule has 3 aromatic carbocycles. The zero-order valence-corrected chi connectivity index (χ0v) is 15.7. The van der Waals surface area contributed by atoms with Gasteiger partial charge in [-0.15, -0.1) is 0 Å². The van der Waals surface area contributed by atoms with E-state index in [4.69, 9.17) is 0 Å². The van der Waals surface area contributed by atoms with Crippen molar-refractivity contribution >= 4 is 22.8 Å². The normalized spacial score (nSPS) is 9.85. The molecule has 0 aromatic heterocycles. The first-order valence-electron chi connectivity index (χ1n) is 8.28. The topological polar surface area (TPSA) is 66.4 Å². The minimum absolute atomic E-state index is 0.0146. The van der Waals surface area contributed by atoms with Crippen molar-refractivity contribution in [2.75, 3.05) is 7.11 Å². The Labute approximate surface area is 161 Å². The van der Waals surface area contributed by atoms with Gasteiger partial charge in [0.05, 0.1) is 30.4 Å². The summed E-state index contributed by atoms with van der Waals surface area (Å²) in [7, 11) is 1.10. The fourth-order valence-electron chi connectivity index (χ4n) is 2.27. The predicted octanol–water partition coefficient (Wildman–Crippen LogP) is 3.08. The Kier molecular flexibility index (Phi) is 8.13. The molecule has 0 spiro atoms. The summed E-state index contributed by atoms with van der Waals surface area (Å²) in [6.07, 6.45) is -0.670. The molecule has 3 aromatic rings. The predicted molar refractivity (Wildman–Crippen MR) is 103 cm³/mol. The number of hydrogen-bond acceptors (Lipinski definition) is 4. The van der Waals surface area contributed by atoms with Crippen LogP contribution in [0.4, 0.5) is 0 Å². The third kappa shape index (κ3) is 6.64. The minimum atomic E-state index is -1.42. The summed E-state index contributed by atoms with van der Waals surface area (Å²) in [5, 5.41) is 9.56. The van der Waals surface area contributed by atoms with E-state index in [9.17, 15) is 14.7 Å². The van der Waals surface area contributed by atoms with Crippen molar-refractivity contribution in [3.8, 4) is 0 Å². The van der Waals surface area contributed by atoms with Crippen molar-refractivity contribution in [1.82, 2.24) is 0 Å². The van der Waals surface area contributed by atoms with Crippen molar-refractivity contribution in [2.24, 2.45) is 0 Å². The maximum absolute atomic E-state index is 9.98. The Morgan fingerprint density at radius 2 is 1.07 bits per heavy atom. The fraction of sp³-hybridized carbons (Fsp3) is 0.0909. The zero-order chi connectivity index (χ0) is 19.5. The van der Waals surface area contributed by atoms with Crippen molar-refractivity contribution < 1.29 is 19.4 Å². The number of aliphatic carboxylic acids is 1. The number of carboxylic acid groups (broad SMARTS) is 1. The van der Waals surface area contributed by atoms with Crippen molar-refractivity contribution in [3.63, 3.8) is 0 Å². The number of methoxy groups -OCH3 is 1. The van der Waals surface area contributed by atoms with E-state index < -0.39 is 18.4 Å². The van der Waals surface area contributed by atoms with Crippen LogP contribution in [0.5, 0.6) is 0 Å². The first-order chi connectivity index (χ1) is 13.1. The zero-order valence-electron chi connectivity index (χ0n) is 14.9. The monoisotopic (exact) mass is 380 g/mol. The second-order valence-corrected chi connectivity index (χ2v) is 7.40. The van der Waals surface area contributed by atoms with Gasteiger partial charge in [0.1, 0.15) is 0 Å². The van der Waals surface area contributed by atoms with Crippen LogP contribution >= 0.6 is 0 Å². The van der Waals surface area contributed by atoms with Crippen LogP contribution in [0.2, 0.25) is 0 Å². The molecule has 0 saturated carbocycles. The van der Waals surface area contributed by atoms with Gasteiger partial charge in [-0.2, -0.15) is 0 Å². The molecular weight excluding hydrogens is 360 g/mol. The summed E-state index contributed by atoms with van der Waals surface area (Å²) >= 11 is 0. The highest BCUT2D eigenvalue weighted by Crippen LogP contribution is 2.30. The molecular formula is C22H20O4S. The number of hydrogen-bond donors (Lipinski definition) is 0. The Balaban J connectivity index is 0.000000279. The molecule has 138 valence electrons. The Hall–Kier alpha value is -3.05. The molecule has 5 heteroatoms. The average Bonchev–Trinajstić information content (AvgIpc) is 2.71. The van der Waals surface area contributed by atoms with Gasteiger partial charge in [-0.3, -0.25) is 4.79 Å². The molecule has 0 aliphatic carbocycles. The summed E-state index contributed by atoms with van der Waals surface area (Å²) < 4.78 is 4.00. The van der Waals surface area contributed by atoms with Crippen LogP contribution in [0, 0.1) is 0 Å². The first kappa shape index (κ1) is 20.3. The lowest BCUT2D eigenvalue weighted by Crippen LogP contribution is -2.25. The Morgan fingerprint density at radius 1 is 0.741 bits per heavy atom. The average molecular weight is 380 g/mol. The third-order valence-corrected chi connectivity index (χ3v) is 5.68. The van der Waals surface area contributed by atoms with Crippen LogP contribution in [0.1, 0.15) is 6.42 Å². The highest BCUT2D eigenvalue weighted by molar-refractivity contribution is 7.97. The lowest BCUT2D eigenvalue weighted by Gasteiger charge is -2.07. The number of ether oxygens (including phenoxy) is 1. The van der Waals surface area contributed by atoms with Gasteiger partial charge in [-0.25, -0.2) is 0 Å². The van der Waals surface area contributed by atoms with Gasteiger partial charge >= 0.3 is 5.97 Å². The van der Waals surface area contributed by atoms with Gasteiger partial charge < -0.3 is 14.6 Å². The SMILES string of the molecule is COC(=O)CC(=O)[O-].c1ccc([S+](c2ccccc2)c2ccccc2)cc1. The van der Waals surface area contributed by atoms with E-state index in [0.29, 0.717) is 0 Å². The summed E-state index contributed by atoms with van der Waals surface area (Å²) in [5.74, 6) is -2.21. The van der Waals surface area contributed by atoms with Gasteiger partial charge in [-0.1, -0.05) is 54.6 Å². The maximum Gasteiger partial charge on any atom is 0.311 e. The van der Waals surface area contributed by atoms with Crippen LogP contribution in [0.3, 0.4) is 0 Å².